The van der Waals surface area contributed by atoms with E-state index in [1.165, 1.54) is 16.7 Å². The van der Waals surface area contributed by atoms with Crippen molar-refractivity contribution in [2.45, 2.75) is 25.8 Å². The van der Waals surface area contributed by atoms with Crippen LogP contribution in [0.25, 0.3) is 0 Å². The summed E-state index contributed by atoms with van der Waals surface area (Å²) >= 11 is 0. The Kier molecular flexibility index (Phi) is 6.59. The maximum atomic E-state index is 12.3. The first-order valence-electron chi connectivity index (χ1n) is 8.43. The Labute approximate surface area is 155 Å². The quantitative estimate of drug-likeness (QED) is 0.881. The zero-order chi connectivity index (χ0) is 17.1. The third-order valence-corrected chi connectivity index (χ3v) is 4.83. The summed E-state index contributed by atoms with van der Waals surface area (Å²) in [5.41, 5.74) is 10.8. The van der Waals surface area contributed by atoms with Crippen LogP contribution in [0, 0.1) is 13.8 Å². The normalized spacial score (nSPS) is 20.1. The number of nitrogens with two attached hydrogens (primary N) is 1. The van der Waals surface area contributed by atoms with Gasteiger partial charge in [-0.25, -0.2) is 0 Å². The standard InChI is InChI=1S/C20H25N3O.ClH/c1-14-8-9-17(10-15(14)2)22-20(24)13-23-11-18(19(21)12-23)16-6-4-3-5-7-16;/h3-10,18-19H,11-13,21H2,1-2H3,(H,22,24);1H/t18-,19+;/m0./s1. The number of carbonyl (C=O) groups excluding carboxylic acids is 1. The van der Waals surface area contributed by atoms with Crippen LogP contribution in [0.2, 0.25) is 0 Å². The van der Waals surface area contributed by atoms with Gasteiger partial charge in [-0.15, -0.1) is 12.4 Å². The fourth-order valence-electron chi connectivity index (χ4n) is 3.32. The Morgan fingerprint density at radius 2 is 1.84 bits per heavy atom. The number of hydrogen-bond donors (Lipinski definition) is 2. The molecule has 0 spiro atoms. The molecule has 0 saturated carbocycles. The first-order valence-corrected chi connectivity index (χ1v) is 8.43. The Hall–Kier alpha value is -1.88. The van der Waals surface area contributed by atoms with E-state index in [0.717, 1.165) is 18.8 Å². The first-order chi connectivity index (χ1) is 11.5. The third-order valence-electron chi connectivity index (χ3n) is 4.83. The van der Waals surface area contributed by atoms with E-state index >= 15 is 0 Å². The number of anilines is 1. The molecule has 1 heterocycles. The van der Waals surface area contributed by atoms with Crippen molar-refractivity contribution in [1.29, 1.82) is 0 Å². The Balaban J connectivity index is 0.00000225. The Morgan fingerprint density at radius 1 is 1.12 bits per heavy atom. The summed E-state index contributed by atoms with van der Waals surface area (Å²) < 4.78 is 0. The van der Waals surface area contributed by atoms with Gasteiger partial charge in [-0.05, 0) is 42.7 Å². The van der Waals surface area contributed by atoms with Gasteiger partial charge in [0.05, 0.1) is 6.54 Å². The zero-order valence-electron chi connectivity index (χ0n) is 14.7. The predicted octanol–water partition coefficient (Wildman–Crippen LogP) is 3.09. The molecule has 1 amide bonds. The van der Waals surface area contributed by atoms with Crippen LogP contribution < -0.4 is 11.1 Å². The second-order valence-electron chi connectivity index (χ2n) is 6.72. The lowest BCUT2D eigenvalue weighted by molar-refractivity contribution is -0.117. The lowest BCUT2D eigenvalue weighted by Crippen LogP contribution is -2.33. The highest BCUT2D eigenvalue weighted by Gasteiger charge is 2.31. The van der Waals surface area contributed by atoms with Crippen LogP contribution in [0.3, 0.4) is 0 Å². The zero-order valence-corrected chi connectivity index (χ0v) is 15.6. The number of carbonyl (C=O) groups is 1. The van der Waals surface area contributed by atoms with E-state index in [2.05, 4.69) is 36.2 Å². The summed E-state index contributed by atoms with van der Waals surface area (Å²) in [6.45, 7) is 6.07. The van der Waals surface area contributed by atoms with E-state index in [1.54, 1.807) is 0 Å². The number of halogens is 1. The van der Waals surface area contributed by atoms with Gasteiger partial charge in [0.2, 0.25) is 5.91 Å². The summed E-state index contributed by atoms with van der Waals surface area (Å²) in [6, 6.07) is 16.4. The maximum Gasteiger partial charge on any atom is 0.238 e. The summed E-state index contributed by atoms with van der Waals surface area (Å²) in [7, 11) is 0. The Bertz CT molecular complexity index is 720. The maximum absolute atomic E-state index is 12.3. The molecule has 2 aromatic rings. The van der Waals surface area contributed by atoms with E-state index in [4.69, 9.17) is 5.73 Å². The molecule has 3 N–H and O–H groups in total. The van der Waals surface area contributed by atoms with Gasteiger partial charge in [0.1, 0.15) is 0 Å². The number of likely N-dealkylation sites (tertiary alicyclic amines) is 1. The molecule has 0 aromatic heterocycles. The van der Waals surface area contributed by atoms with Crippen LogP contribution >= 0.6 is 12.4 Å². The molecule has 2 atom stereocenters. The number of hydrogen-bond acceptors (Lipinski definition) is 3. The molecule has 1 fully saturated rings. The van der Waals surface area contributed by atoms with Crippen molar-refractivity contribution in [2.24, 2.45) is 5.73 Å². The molecule has 0 unspecified atom stereocenters. The molecule has 134 valence electrons. The van der Waals surface area contributed by atoms with Crippen molar-refractivity contribution in [1.82, 2.24) is 4.90 Å². The van der Waals surface area contributed by atoms with Crippen molar-refractivity contribution >= 4 is 24.0 Å². The van der Waals surface area contributed by atoms with Gasteiger partial charge < -0.3 is 11.1 Å². The molecule has 5 heteroatoms. The second kappa shape index (κ2) is 8.48. The molecule has 1 aliphatic heterocycles. The molecule has 1 saturated heterocycles. The predicted molar refractivity (Wildman–Crippen MR) is 105 cm³/mol. The lowest BCUT2D eigenvalue weighted by Gasteiger charge is -2.16. The number of aryl methyl sites for hydroxylation is 2. The molecule has 0 radical (unpaired) electrons. The van der Waals surface area contributed by atoms with Gasteiger partial charge >= 0.3 is 0 Å². The van der Waals surface area contributed by atoms with Crippen molar-refractivity contribution in [2.75, 3.05) is 25.0 Å². The minimum atomic E-state index is 0. The van der Waals surface area contributed by atoms with Crippen LogP contribution in [-0.2, 0) is 4.79 Å². The lowest BCUT2D eigenvalue weighted by atomic mass is 9.95. The van der Waals surface area contributed by atoms with Gasteiger partial charge in [0.15, 0.2) is 0 Å². The summed E-state index contributed by atoms with van der Waals surface area (Å²) in [4.78, 5) is 14.5. The number of amides is 1. The third kappa shape index (κ3) is 4.82. The average Bonchev–Trinajstić information content (AvgIpc) is 2.92. The molecule has 1 aliphatic rings. The van der Waals surface area contributed by atoms with Crippen LogP contribution in [0.1, 0.15) is 22.6 Å². The van der Waals surface area contributed by atoms with E-state index in [9.17, 15) is 4.79 Å². The SMILES string of the molecule is Cc1ccc(NC(=O)CN2C[C@@H](N)[C@H](c3ccccc3)C2)cc1C.Cl. The number of nitrogens with zero attached hydrogens (tertiary/aromatic N) is 1. The van der Waals surface area contributed by atoms with Gasteiger partial charge in [-0.3, -0.25) is 9.69 Å². The van der Waals surface area contributed by atoms with Gasteiger partial charge in [-0.2, -0.15) is 0 Å². The largest absolute Gasteiger partial charge is 0.326 e. The minimum Gasteiger partial charge on any atom is -0.326 e. The van der Waals surface area contributed by atoms with Crippen LogP contribution in [0.5, 0.6) is 0 Å². The summed E-state index contributed by atoms with van der Waals surface area (Å²) in [5, 5.41) is 2.98. The molecule has 25 heavy (non-hydrogen) atoms. The number of nitrogens with one attached hydrogen (secondary N) is 1. The number of rotatable bonds is 4. The number of benzene rings is 2. The Morgan fingerprint density at radius 3 is 2.52 bits per heavy atom. The van der Waals surface area contributed by atoms with Gasteiger partial charge in [0, 0.05) is 30.7 Å². The van der Waals surface area contributed by atoms with E-state index < -0.39 is 0 Å². The minimum absolute atomic E-state index is 0. The molecule has 4 nitrogen and oxygen atoms in total. The molecular weight excluding hydrogens is 334 g/mol. The van der Waals surface area contributed by atoms with Crippen molar-refractivity contribution in [3.8, 4) is 0 Å². The highest BCUT2D eigenvalue weighted by molar-refractivity contribution is 5.92. The van der Waals surface area contributed by atoms with Crippen LogP contribution in [0.4, 0.5) is 5.69 Å². The first kappa shape index (κ1) is 19.4. The van der Waals surface area contributed by atoms with E-state index in [0.29, 0.717) is 12.5 Å². The highest BCUT2D eigenvalue weighted by atomic mass is 35.5. The van der Waals surface area contributed by atoms with Crippen molar-refractivity contribution in [3.05, 3.63) is 65.2 Å². The fourth-order valence-corrected chi connectivity index (χ4v) is 3.32. The molecule has 2 aromatic carbocycles. The van der Waals surface area contributed by atoms with Crippen molar-refractivity contribution < 1.29 is 4.79 Å². The van der Waals surface area contributed by atoms with E-state index in [1.807, 2.05) is 36.4 Å². The van der Waals surface area contributed by atoms with Crippen molar-refractivity contribution in [3.63, 3.8) is 0 Å². The summed E-state index contributed by atoms with van der Waals surface area (Å²) in [5.74, 6) is 0.305. The average molecular weight is 360 g/mol. The molecule has 0 aliphatic carbocycles. The topological polar surface area (TPSA) is 58.4 Å². The molecule has 3 rings (SSSR count). The summed E-state index contributed by atoms with van der Waals surface area (Å²) in [6.07, 6.45) is 0. The monoisotopic (exact) mass is 359 g/mol. The van der Waals surface area contributed by atoms with Gasteiger partial charge in [0.25, 0.3) is 0 Å². The second-order valence-corrected chi connectivity index (χ2v) is 6.72. The molecule has 0 bridgehead atoms. The highest BCUT2D eigenvalue weighted by Crippen LogP contribution is 2.26. The van der Waals surface area contributed by atoms with E-state index in [-0.39, 0.29) is 24.4 Å². The van der Waals surface area contributed by atoms with Crippen LogP contribution in [0.15, 0.2) is 48.5 Å². The fraction of sp³-hybridized carbons (Fsp3) is 0.350. The van der Waals surface area contributed by atoms with Gasteiger partial charge in [-0.1, -0.05) is 36.4 Å². The smallest absolute Gasteiger partial charge is 0.238 e. The van der Waals surface area contributed by atoms with Crippen LogP contribution in [-0.4, -0.2) is 36.5 Å². The molecular formula is C20H26ClN3O.